The lowest BCUT2D eigenvalue weighted by Crippen LogP contribution is -2.03. The maximum Gasteiger partial charge on any atom is 0.330 e. The molecule has 7 heteroatoms. The van der Waals surface area contributed by atoms with Gasteiger partial charge in [-0.15, -0.1) is 0 Å². The Morgan fingerprint density at radius 1 is 1.45 bits per heavy atom. The second kappa shape index (κ2) is 7.03. The van der Waals surface area contributed by atoms with E-state index in [2.05, 4.69) is 4.74 Å². The van der Waals surface area contributed by atoms with Crippen LogP contribution in [0, 0.1) is 10.1 Å². The molecule has 20 heavy (non-hydrogen) atoms. The molecule has 0 heterocycles. The van der Waals surface area contributed by atoms with Crippen molar-refractivity contribution in [2.24, 2.45) is 0 Å². The molecule has 106 valence electrons. The van der Waals surface area contributed by atoms with Crippen molar-refractivity contribution in [3.63, 3.8) is 0 Å². The van der Waals surface area contributed by atoms with Gasteiger partial charge in [0.15, 0.2) is 0 Å². The number of non-ortho nitro benzene ring substituents is 1. The summed E-state index contributed by atoms with van der Waals surface area (Å²) in [5, 5.41) is 19.5. The van der Waals surface area contributed by atoms with E-state index in [-0.39, 0.29) is 18.7 Å². The van der Waals surface area contributed by atoms with Crippen LogP contribution in [0.4, 0.5) is 5.69 Å². The molecule has 0 unspecified atom stereocenters. The summed E-state index contributed by atoms with van der Waals surface area (Å²) in [5.74, 6) is -1.66. The number of hydrogen-bond acceptors (Lipinski definition) is 5. The van der Waals surface area contributed by atoms with Gasteiger partial charge in [0, 0.05) is 18.2 Å². The Bertz CT molecular complexity index is 564. The minimum Gasteiger partial charge on any atom is -0.481 e. The number of nitrogens with zero attached hydrogens (tertiary/aromatic N) is 1. The normalized spacial score (nSPS) is 10.4. The fourth-order valence-corrected chi connectivity index (χ4v) is 1.52. The van der Waals surface area contributed by atoms with Crippen molar-refractivity contribution >= 4 is 23.7 Å². The molecule has 0 spiro atoms. The second-order valence-electron chi connectivity index (χ2n) is 3.80. The first-order valence-electron chi connectivity index (χ1n) is 5.78. The highest BCUT2D eigenvalue weighted by atomic mass is 16.6. The minimum atomic E-state index is -1.07. The molecule has 7 nitrogen and oxygen atoms in total. The molecule has 0 aliphatic heterocycles. The molecule has 0 radical (unpaired) electrons. The molecule has 0 saturated heterocycles. The summed E-state index contributed by atoms with van der Waals surface area (Å²) in [6.45, 7) is 1.86. The highest BCUT2D eigenvalue weighted by molar-refractivity contribution is 5.87. The smallest absolute Gasteiger partial charge is 0.330 e. The molecule has 0 aliphatic carbocycles. The predicted molar refractivity (Wildman–Crippen MR) is 70.1 cm³/mol. The lowest BCUT2D eigenvalue weighted by Gasteiger charge is -2.03. The van der Waals surface area contributed by atoms with Crippen molar-refractivity contribution in [1.29, 1.82) is 0 Å². The zero-order valence-electron chi connectivity index (χ0n) is 10.7. The average Bonchev–Trinajstić information content (AvgIpc) is 2.37. The van der Waals surface area contributed by atoms with Gasteiger partial charge in [-0.1, -0.05) is 6.07 Å². The van der Waals surface area contributed by atoms with Gasteiger partial charge in [0.25, 0.3) is 5.69 Å². The fraction of sp³-hybridized carbons (Fsp3) is 0.231. The van der Waals surface area contributed by atoms with E-state index in [1.54, 1.807) is 6.92 Å². The third-order valence-electron chi connectivity index (χ3n) is 2.37. The van der Waals surface area contributed by atoms with Crippen molar-refractivity contribution in [3.05, 3.63) is 45.5 Å². The molecular formula is C13H13NO6. The van der Waals surface area contributed by atoms with Crippen LogP contribution in [0.15, 0.2) is 24.3 Å². The number of hydrogen-bond donors (Lipinski definition) is 1. The van der Waals surface area contributed by atoms with Crippen molar-refractivity contribution in [2.45, 2.75) is 13.3 Å². The Morgan fingerprint density at radius 2 is 2.15 bits per heavy atom. The predicted octanol–water partition coefficient (Wildman–Crippen LogP) is 1.80. The van der Waals surface area contributed by atoms with Crippen LogP contribution in [-0.4, -0.2) is 28.6 Å². The van der Waals surface area contributed by atoms with E-state index in [1.165, 1.54) is 24.3 Å². The highest BCUT2D eigenvalue weighted by Crippen LogP contribution is 2.20. The van der Waals surface area contributed by atoms with Gasteiger partial charge in [0.2, 0.25) is 0 Å². The maximum absolute atomic E-state index is 11.2. The first-order valence-corrected chi connectivity index (χ1v) is 5.78. The molecule has 0 saturated carbocycles. The lowest BCUT2D eigenvalue weighted by atomic mass is 10.0. The lowest BCUT2D eigenvalue weighted by molar-refractivity contribution is -0.384. The van der Waals surface area contributed by atoms with E-state index in [0.29, 0.717) is 11.1 Å². The third kappa shape index (κ3) is 4.52. The number of carbonyl (C=O) groups excluding carboxylic acids is 1. The summed E-state index contributed by atoms with van der Waals surface area (Å²) in [7, 11) is 0. The molecule has 0 aliphatic rings. The molecule has 0 atom stereocenters. The molecule has 1 N–H and O–H groups in total. The largest absolute Gasteiger partial charge is 0.481 e. The molecule has 1 aromatic carbocycles. The number of aliphatic carboxylic acids is 1. The summed E-state index contributed by atoms with van der Waals surface area (Å²) in [4.78, 5) is 32.0. The van der Waals surface area contributed by atoms with Gasteiger partial charge in [0.05, 0.1) is 18.0 Å². The topological polar surface area (TPSA) is 107 Å². The van der Waals surface area contributed by atoms with Gasteiger partial charge in [-0.05, 0) is 24.1 Å². The van der Waals surface area contributed by atoms with E-state index in [1.807, 2.05) is 0 Å². The van der Waals surface area contributed by atoms with Crippen LogP contribution in [0.25, 0.3) is 6.08 Å². The molecule has 1 rings (SSSR count). The van der Waals surface area contributed by atoms with Gasteiger partial charge in [0.1, 0.15) is 0 Å². The van der Waals surface area contributed by atoms with Crippen molar-refractivity contribution in [2.75, 3.05) is 6.61 Å². The minimum absolute atomic E-state index is 0.178. The summed E-state index contributed by atoms with van der Waals surface area (Å²) in [6.07, 6.45) is 2.12. The number of carboxylic acid groups (broad SMARTS) is 1. The number of benzene rings is 1. The standard InChI is InChI=1S/C13H13NO6/c1-2-20-13(17)6-4-9-7-11(14(18)19)5-3-10(9)8-12(15)16/h3-7H,2,8H2,1H3,(H,15,16)/b6-4+. The Balaban J connectivity index is 3.10. The van der Waals surface area contributed by atoms with Crippen LogP contribution in [0.3, 0.4) is 0 Å². The van der Waals surface area contributed by atoms with Crippen molar-refractivity contribution < 1.29 is 24.4 Å². The number of ether oxygens (including phenoxy) is 1. The summed E-state index contributed by atoms with van der Waals surface area (Å²) < 4.78 is 4.69. The van der Waals surface area contributed by atoms with Crippen molar-refractivity contribution in [3.8, 4) is 0 Å². The summed E-state index contributed by atoms with van der Waals surface area (Å²) >= 11 is 0. The number of carbonyl (C=O) groups is 2. The second-order valence-corrected chi connectivity index (χ2v) is 3.80. The molecule has 0 bridgehead atoms. The molecule has 0 aromatic heterocycles. The van der Waals surface area contributed by atoms with E-state index in [0.717, 1.165) is 6.08 Å². The molecular weight excluding hydrogens is 266 g/mol. The number of nitro benzene ring substituents is 1. The molecule has 0 amide bonds. The van der Waals surface area contributed by atoms with Crippen LogP contribution < -0.4 is 0 Å². The maximum atomic E-state index is 11.2. The van der Waals surface area contributed by atoms with Gasteiger partial charge >= 0.3 is 11.9 Å². The van der Waals surface area contributed by atoms with E-state index in [4.69, 9.17) is 5.11 Å². The van der Waals surface area contributed by atoms with Crippen LogP contribution in [0.1, 0.15) is 18.1 Å². The van der Waals surface area contributed by atoms with Gasteiger partial charge in [-0.2, -0.15) is 0 Å². The fourth-order valence-electron chi connectivity index (χ4n) is 1.52. The van der Waals surface area contributed by atoms with Gasteiger partial charge in [-0.3, -0.25) is 14.9 Å². The number of esters is 1. The zero-order chi connectivity index (χ0) is 15.1. The monoisotopic (exact) mass is 279 g/mol. The number of rotatable bonds is 6. The highest BCUT2D eigenvalue weighted by Gasteiger charge is 2.11. The zero-order valence-corrected chi connectivity index (χ0v) is 10.7. The van der Waals surface area contributed by atoms with Crippen molar-refractivity contribution in [1.82, 2.24) is 0 Å². The quantitative estimate of drug-likeness (QED) is 0.368. The molecule has 0 fully saturated rings. The van der Waals surface area contributed by atoms with E-state index in [9.17, 15) is 19.7 Å². The van der Waals surface area contributed by atoms with E-state index < -0.39 is 16.9 Å². The first kappa shape index (κ1) is 15.4. The Hall–Kier alpha value is -2.70. The van der Waals surface area contributed by atoms with Crippen LogP contribution >= 0.6 is 0 Å². The van der Waals surface area contributed by atoms with Crippen LogP contribution in [0.2, 0.25) is 0 Å². The van der Waals surface area contributed by atoms with E-state index >= 15 is 0 Å². The van der Waals surface area contributed by atoms with Gasteiger partial charge in [-0.25, -0.2) is 4.79 Å². The Kier molecular flexibility index (Phi) is 5.40. The SMILES string of the molecule is CCOC(=O)/C=C/c1cc([N+](=O)[O-])ccc1CC(=O)O. The Labute approximate surface area is 114 Å². The number of nitro groups is 1. The summed E-state index contributed by atoms with van der Waals surface area (Å²) in [6, 6.07) is 3.80. The van der Waals surface area contributed by atoms with Crippen LogP contribution in [0.5, 0.6) is 0 Å². The molecule has 1 aromatic rings. The van der Waals surface area contributed by atoms with Crippen LogP contribution in [-0.2, 0) is 20.7 Å². The number of carboxylic acids is 1. The third-order valence-corrected chi connectivity index (χ3v) is 2.37. The summed E-state index contributed by atoms with van der Waals surface area (Å²) in [5.41, 5.74) is 0.501. The average molecular weight is 279 g/mol. The first-order chi connectivity index (χ1) is 9.43. The van der Waals surface area contributed by atoms with Gasteiger partial charge < -0.3 is 9.84 Å². The Morgan fingerprint density at radius 3 is 2.70 bits per heavy atom.